The quantitative estimate of drug-likeness (QED) is 0.774. The summed E-state index contributed by atoms with van der Waals surface area (Å²) in [4.78, 5) is 6.65. The molecule has 0 unspecified atom stereocenters. The molecule has 2 N–H and O–H groups in total. The topological polar surface area (TPSA) is 56.8 Å². The summed E-state index contributed by atoms with van der Waals surface area (Å²) in [5.74, 6) is 0.927. The highest BCUT2D eigenvalue weighted by atomic mass is 15.2. The molecule has 2 rings (SSSR count). The number of hydrogen-bond donors (Lipinski definition) is 2. The van der Waals surface area contributed by atoms with E-state index in [4.69, 9.17) is 0 Å². The summed E-state index contributed by atoms with van der Waals surface area (Å²) < 4.78 is 0. The van der Waals surface area contributed by atoms with Crippen LogP contribution >= 0.6 is 0 Å². The monoisotopic (exact) mass is 223 g/mol. The van der Waals surface area contributed by atoms with Crippen LogP contribution in [0.1, 0.15) is 32.0 Å². The fraction of sp³-hybridized carbons (Fsp3) is 0.818. The zero-order chi connectivity index (χ0) is 11.2. The van der Waals surface area contributed by atoms with Crippen molar-refractivity contribution in [3.05, 3.63) is 12.2 Å². The van der Waals surface area contributed by atoms with E-state index in [1.807, 2.05) is 0 Å². The third kappa shape index (κ3) is 3.28. The second-order valence-corrected chi connectivity index (χ2v) is 4.43. The molecule has 0 bridgehead atoms. The van der Waals surface area contributed by atoms with E-state index in [1.54, 1.807) is 6.33 Å². The van der Waals surface area contributed by atoms with E-state index in [1.165, 1.54) is 38.9 Å². The van der Waals surface area contributed by atoms with E-state index >= 15 is 0 Å². The number of piperidine rings is 1. The van der Waals surface area contributed by atoms with Gasteiger partial charge in [-0.05, 0) is 38.9 Å². The van der Waals surface area contributed by atoms with Crippen LogP contribution in [0.3, 0.4) is 0 Å². The molecule has 0 spiro atoms. The van der Waals surface area contributed by atoms with Gasteiger partial charge in [0.1, 0.15) is 12.2 Å². The second kappa shape index (κ2) is 5.96. The maximum Gasteiger partial charge on any atom is 0.138 e. The first-order valence-electron chi connectivity index (χ1n) is 6.18. The fourth-order valence-electron chi connectivity index (χ4n) is 2.23. The van der Waals surface area contributed by atoms with E-state index in [2.05, 4.69) is 32.3 Å². The van der Waals surface area contributed by atoms with Crippen LogP contribution in [-0.4, -0.2) is 45.8 Å². The van der Waals surface area contributed by atoms with Gasteiger partial charge in [-0.15, -0.1) is 0 Å². The van der Waals surface area contributed by atoms with Crippen molar-refractivity contribution >= 4 is 0 Å². The molecule has 0 aromatic carbocycles. The Morgan fingerprint density at radius 2 is 2.31 bits per heavy atom. The van der Waals surface area contributed by atoms with Gasteiger partial charge in [-0.25, -0.2) is 4.98 Å². The van der Waals surface area contributed by atoms with Gasteiger partial charge in [-0.2, -0.15) is 5.10 Å². The first kappa shape index (κ1) is 11.5. The SMILES string of the molecule is CCCN1CCC(NCc2ncn[nH]2)CC1. The highest BCUT2D eigenvalue weighted by Crippen LogP contribution is 2.10. The van der Waals surface area contributed by atoms with Crippen LogP contribution in [0.5, 0.6) is 0 Å². The number of rotatable bonds is 5. The largest absolute Gasteiger partial charge is 0.307 e. The number of nitrogens with zero attached hydrogens (tertiary/aromatic N) is 3. The van der Waals surface area contributed by atoms with Crippen molar-refractivity contribution in [1.29, 1.82) is 0 Å². The molecular weight excluding hydrogens is 202 g/mol. The Labute approximate surface area is 96.6 Å². The summed E-state index contributed by atoms with van der Waals surface area (Å²) in [6, 6.07) is 0.637. The molecule has 0 saturated carbocycles. The minimum absolute atomic E-state index is 0.637. The van der Waals surface area contributed by atoms with Crippen molar-refractivity contribution in [3.8, 4) is 0 Å². The molecule has 0 amide bonds. The predicted molar refractivity (Wildman–Crippen MR) is 63.0 cm³/mol. The van der Waals surface area contributed by atoms with E-state index in [0.29, 0.717) is 6.04 Å². The van der Waals surface area contributed by atoms with Crippen molar-refractivity contribution in [1.82, 2.24) is 25.4 Å². The zero-order valence-electron chi connectivity index (χ0n) is 9.95. The van der Waals surface area contributed by atoms with E-state index in [-0.39, 0.29) is 0 Å². The van der Waals surface area contributed by atoms with Gasteiger partial charge in [0, 0.05) is 6.04 Å². The van der Waals surface area contributed by atoms with Crippen molar-refractivity contribution in [2.75, 3.05) is 19.6 Å². The zero-order valence-corrected chi connectivity index (χ0v) is 9.95. The Kier molecular flexibility index (Phi) is 4.30. The molecule has 1 saturated heterocycles. The molecule has 1 fully saturated rings. The molecule has 1 aromatic rings. The molecule has 0 radical (unpaired) electrons. The van der Waals surface area contributed by atoms with Gasteiger partial charge in [0.2, 0.25) is 0 Å². The van der Waals surface area contributed by atoms with Crippen LogP contribution in [0.25, 0.3) is 0 Å². The molecule has 0 aliphatic carbocycles. The minimum Gasteiger partial charge on any atom is -0.307 e. The Hall–Kier alpha value is -0.940. The standard InChI is InChI=1S/C11H21N5/c1-2-5-16-6-3-10(4-7-16)12-8-11-13-9-14-15-11/h9-10,12H,2-8H2,1H3,(H,13,14,15). The highest BCUT2D eigenvalue weighted by molar-refractivity contribution is 4.83. The molecule has 1 aromatic heterocycles. The van der Waals surface area contributed by atoms with Gasteiger partial charge < -0.3 is 10.2 Å². The summed E-state index contributed by atoms with van der Waals surface area (Å²) in [5.41, 5.74) is 0. The summed E-state index contributed by atoms with van der Waals surface area (Å²) in [7, 11) is 0. The van der Waals surface area contributed by atoms with Crippen molar-refractivity contribution in [2.24, 2.45) is 0 Å². The highest BCUT2D eigenvalue weighted by Gasteiger charge is 2.17. The third-order valence-electron chi connectivity index (χ3n) is 3.15. The van der Waals surface area contributed by atoms with Crippen molar-refractivity contribution < 1.29 is 0 Å². The van der Waals surface area contributed by atoms with Gasteiger partial charge in [0.25, 0.3) is 0 Å². The number of hydrogen-bond acceptors (Lipinski definition) is 4. The fourth-order valence-corrected chi connectivity index (χ4v) is 2.23. The van der Waals surface area contributed by atoms with Crippen molar-refractivity contribution in [3.63, 3.8) is 0 Å². The second-order valence-electron chi connectivity index (χ2n) is 4.43. The summed E-state index contributed by atoms with van der Waals surface area (Å²) in [6.45, 7) is 6.74. The van der Waals surface area contributed by atoms with Crippen LogP contribution in [0, 0.1) is 0 Å². The van der Waals surface area contributed by atoms with Crippen LogP contribution in [0.2, 0.25) is 0 Å². The van der Waals surface area contributed by atoms with Gasteiger partial charge in [-0.3, -0.25) is 5.10 Å². The Bertz CT molecular complexity index is 277. The van der Waals surface area contributed by atoms with E-state index < -0.39 is 0 Å². The lowest BCUT2D eigenvalue weighted by molar-refractivity contribution is 0.197. The van der Waals surface area contributed by atoms with Crippen LogP contribution < -0.4 is 5.32 Å². The molecule has 1 aliphatic heterocycles. The molecular formula is C11H21N5. The predicted octanol–water partition coefficient (Wildman–Crippen LogP) is 0.769. The lowest BCUT2D eigenvalue weighted by Gasteiger charge is -2.32. The number of H-pyrrole nitrogens is 1. The average molecular weight is 223 g/mol. The molecule has 5 nitrogen and oxygen atoms in total. The Balaban J connectivity index is 1.65. The van der Waals surface area contributed by atoms with E-state index in [9.17, 15) is 0 Å². The molecule has 90 valence electrons. The van der Waals surface area contributed by atoms with Gasteiger partial charge in [0.05, 0.1) is 6.54 Å². The summed E-state index contributed by atoms with van der Waals surface area (Å²) in [5, 5.41) is 10.2. The van der Waals surface area contributed by atoms with Gasteiger partial charge >= 0.3 is 0 Å². The smallest absolute Gasteiger partial charge is 0.138 e. The first-order chi connectivity index (χ1) is 7.88. The maximum absolute atomic E-state index is 4.11. The average Bonchev–Trinajstić information content (AvgIpc) is 2.82. The number of nitrogens with one attached hydrogen (secondary N) is 2. The Morgan fingerprint density at radius 1 is 1.50 bits per heavy atom. The van der Waals surface area contributed by atoms with Gasteiger partial charge in [-0.1, -0.05) is 6.92 Å². The van der Waals surface area contributed by atoms with Gasteiger partial charge in [0.15, 0.2) is 0 Å². The number of aromatic amines is 1. The molecule has 1 aliphatic rings. The lowest BCUT2D eigenvalue weighted by Crippen LogP contribution is -2.42. The first-order valence-corrected chi connectivity index (χ1v) is 6.18. The lowest BCUT2D eigenvalue weighted by atomic mass is 10.0. The van der Waals surface area contributed by atoms with Crippen LogP contribution in [0.4, 0.5) is 0 Å². The summed E-state index contributed by atoms with van der Waals surface area (Å²) in [6.07, 6.45) is 5.30. The molecule has 2 heterocycles. The summed E-state index contributed by atoms with van der Waals surface area (Å²) >= 11 is 0. The third-order valence-corrected chi connectivity index (χ3v) is 3.15. The molecule has 0 atom stereocenters. The number of likely N-dealkylation sites (tertiary alicyclic amines) is 1. The number of aromatic nitrogens is 3. The maximum atomic E-state index is 4.11. The molecule has 16 heavy (non-hydrogen) atoms. The normalized spacial score (nSPS) is 19.1. The Morgan fingerprint density at radius 3 is 2.94 bits per heavy atom. The molecule has 5 heteroatoms. The van der Waals surface area contributed by atoms with E-state index in [0.717, 1.165) is 12.4 Å². The minimum atomic E-state index is 0.637. The van der Waals surface area contributed by atoms with Crippen LogP contribution in [0.15, 0.2) is 6.33 Å². The van der Waals surface area contributed by atoms with Crippen LogP contribution in [-0.2, 0) is 6.54 Å². The van der Waals surface area contributed by atoms with Crippen molar-refractivity contribution in [2.45, 2.75) is 38.8 Å².